The van der Waals surface area contributed by atoms with Crippen molar-refractivity contribution in [1.29, 1.82) is 0 Å². The molecule has 8 rings (SSSR count). The van der Waals surface area contributed by atoms with Crippen LogP contribution in [0.3, 0.4) is 0 Å². The van der Waals surface area contributed by atoms with Crippen molar-refractivity contribution in [3.05, 3.63) is 87.5 Å². The fraction of sp³-hybridized carbons (Fsp3) is 0.478. The monoisotopic (exact) mass is 780 g/mol. The third-order valence-corrected chi connectivity index (χ3v) is 12.8. The zero-order valence-corrected chi connectivity index (χ0v) is 33.4. The van der Waals surface area contributed by atoms with E-state index in [1.807, 2.05) is 19.1 Å². The van der Waals surface area contributed by atoms with Crippen molar-refractivity contribution in [1.82, 2.24) is 5.32 Å². The lowest BCUT2D eigenvalue weighted by Gasteiger charge is -2.39. The van der Waals surface area contributed by atoms with E-state index < -0.39 is 18.2 Å². The predicted octanol–water partition coefficient (Wildman–Crippen LogP) is 7.27. The van der Waals surface area contributed by atoms with E-state index in [2.05, 4.69) is 41.8 Å². The van der Waals surface area contributed by atoms with Gasteiger partial charge in [0.1, 0.15) is 24.0 Å². The van der Waals surface area contributed by atoms with Gasteiger partial charge in [-0.2, -0.15) is 0 Å². The van der Waals surface area contributed by atoms with Crippen LogP contribution in [0.4, 0.5) is 5.69 Å². The van der Waals surface area contributed by atoms with E-state index in [4.69, 9.17) is 23.7 Å². The minimum Gasteiger partial charge on any atom is -0.502 e. The Balaban J connectivity index is 1.08. The van der Waals surface area contributed by atoms with Crippen LogP contribution >= 0.6 is 0 Å². The van der Waals surface area contributed by atoms with Gasteiger partial charge in [0.25, 0.3) is 0 Å². The molecule has 1 saturated carbocycles. The van der Waals surface area contributed by atoms with Crippen molar-refractivity contribution in [2.24, 2.45) is 11.8 Å². The first kappa shape index (κ1) is 39.2. The maximum atomic E-state index is 12.3. The lowest BCUT2D eigenvalue weighted by molar-refractivity contribution is 0.0876. The lowest BCUT2D eigenvalue weighted by atomic mass is 9.74. The summed E-state index contributed by atoms with van der Waals surface area (Å²) in [7, 11) is 3.13. The molecule has 11 heteroatoms. The van der Waals surface area contributed by atoms with E-state index in [0.717, 1.165) is 34.5 Å². The first-order chi connectivity index (χ1) is 27.8. The number of nitrogens with one attached hydrogen (secondary N) is 2. The van der Waals surface area contributed by atoms with E-state index in [1.165, 1.54) is 43.9 Å². The Morgan fingerprint density at radius 1 is 0.895 bits per heavy atom. The largest absolute Gasteiger partial charge is 0.502 e. The molecule has 0 aromatic heterocycles. The lowest BCUT2D eigenvalue weighted by Crippen LogP contribution is -2.29. The molecule has 5 unspecified atom stereocenters. The molecular formula is C46H56N2O9. The molecule has 57 heavy (non-hydrogen) atoms. The Labute approximate surface area is 334 Å². The Hall–Kier alpha value is -4.68. The van der Waals surface area contributed by atoms with E-state index in [-0.39, 0.29) is 49.7 Å². The second kappa shape index (κ2) is 16.7. The number of aliphatic hydroxyl groups is 3. The van der Waals surface area contributed by atoms with Gasteiger partial charge >= 0.3 is 0 Å². The summed E-state index contributed by atoms with van der Waals surface area (Å²) in [4.78, 5) is 0. The molecule has 11 nitrogen and oxygen atoms in total. The van der Waals surface area contributed by atoms with Crippen molar-refractivity contribution < 1.29 is 44.1 Å². The van der Waals surface area contributed by atoms with E-state index >= 15 is 0 Å². The molecule has 2 aliphatic carbocycles. The van der Waals surface area contributed by atoms with Gasteiger partial charge in [-0.3, -0.25) is 5.32 Å². The average Bonchev–Trinajstić information content (AvgIpc) is 3.77. The van der Waals surface area contributed by atoms with Gasteiger partial charge < -0.3 is 49.4 Å². The van der Waals surface area contributed by atoms with Gasteiger partial charge in [-0.1, -0.05) is 51.0 Å². The van der Waals surface area contributed by atoms with Gasteiger partial charge in [-0.25, -0.2) is 0 Å². The number of hydrogen-bond acceptors (Lipinski definition) is 11. The number of aromatic hydroxyl groups is 1. The summed E-state index contributed by atoms with van der Waals surface area (Å²) < 4.78 is 30.3. The molecule has 304 valence electrons. The number of ether oxygens (including phenoxy) is 5. The third-order valence-electron chi connectivity index (χ3n) is 12.8. The van der Waals surface area contributed by atoms with Gasteiger partial charge in [-0.15, -0.1) is 0 Å². The second-order valence-electron chi connectivity index (χ2n) is 16.0. The summed E-state index contributed by atoms with van der Waals surface area (Å²) in [5, 5.41) is 52.0. The van der Waals surface area contributed by atoms with Crippen molar-refractivity contribution in [3.63, 3.8) is 0 Å². The summed E-state index contributed by atoms with van der Waals surface area (Å²) in [5.41, 5.74) is 8.97. The van der Waals surface area contributed by atoms with Gasteiger partial charge in [-0.05, 0) is 84.9 Å². The summed E-state index contributed by atoms with van der Waals surface area (Å²) in [6.45, 7) is 5.59. The quantitative estimate of drug-likeness (QED) is 0.0534. The van der Waals surface area contributed by atoms with E-state index in [0.29, 0.717) is 65.0 Å². The van der Waals surface area contributed by atoms with Crippen LogP contribution in [-0.2, 0) is 19.3 Å². The first-order valence-electron chi connectivity index (χ1n) is 20.5. The number of phenols is 1. The Kier molecular flexibility index (Phi) is 11.4. The Morgan fingerprint density at radius 2 is 1.65 bits per heavy atom. The highest BCUT2D eigenvalue weighted by Crippen LogP contribution is 2.57. The predicted molar refractivity (Wildman–Crippen MR) is 218 cm³/mol. The van der Waals surface area contributed by atoms with Crippen molar-refractivity contribution in [2.75, 3.05) is 52.6 Å². The molecule has 0 spiro atoms. The standard InChI is InChI=1S/C46H56N2O9/c1-5-47-24-57-37-20-35(53-3)31-14-15-32-40-34(48-46(52)43(37)42(31)40)19-36-41(32)44(50)33(23-56-36)29-17-38(54-4)45(51)39(18-29)55-22-26(21-49)16-28-12-8-9-13-30(28)25(2)27-10-6-7-11-27/h8-9,12-13,17-20,25-27,33,44,46-52H,5-7,10-11,14-16,21-24H2,1-4H3. The van der Waals surface area contributed by atoms with Crippen LogP contribution in [0, 0.1) is 11.8 Å². The number of anilines is 1. The van der Waals surface area contributed by atoms with Crippen molar-refractivity contribution in [3.8, 4) is 45.6 Å². The molecular weight excluding hydrogens is 725 g/mol. The molecule has 5 atom stereocenters. The fourth-order valence-electron chi connectivity index (χ4n) is 9.73. The summed E-state index contributed by atoms with van der Waals surface area (Å²) in [5.74, 6) is 2.46. The number of fused-ring (bicyclic) bond motifs is 2. The SMILES string of the molecule is CCNCOc1cc(OC)c2c3c1C(O)Nc1cc4c(c(c1-3)CC2)C(O)C(c1cc(OC)c(O)c(OCC(CO)Cc2ccccc2C(C)C2CCCC2)c1)CO4. The van der Waals surface area contributed by atoms with Crippen molar-refractivity contribution >= 4 is 5.69 Å². The van der Waals surface area contributed by atoms with Crippen LogP contribution in [0.1, 0.15) is 103 Å². The summed E-state index contributed by atoms with van der Waals surface area (Å²) >= 11 is 0. The molecule has 0 radical (unpaired) electrons. The van der Waals surface area contributed by atoms with Crippen LogP contribution < -0.4 is 34.3 Å². The highest BCUT2D eigenvalue weighted by molar-refractivity contribution is 5.93. The number of hydrogen-bond donors (Lipinski definition) is 6. The average molecular weight is 781 g/mol. The van der Waals surface area contributed by atoms with Crippen LogP contribution in [0.5, 0.6) is 34.5 Å². The summed E-state index contributed by atoms with van der Waals surface area (Å²) in [6, 6.07) is 15.7. The molecule has 6 N–H and O–H groups in total. The van der Waals surface area contributed by atoms with Crippen LogP contribution in [0.25, 0.3) is 11.1 Å². The molecule has 4 aliphatic rings. The van der Waals surface area contributed by atoms with Gasteiger partial charge in [0.15, 0.2) is 17.7 Å². The first-order valence-corrected chi connectivity index (χ1v) is 20.5. The molecule has 0 saturated heterocycles. The molecule has 4 aromatic carbocycles. The second-order valence-corrected chi connectivity index (χ2v) is 16.0. The smallest absolute Gasteiger partial charge is 0.200 e. The highest BCUT2D eigenvalue weighted by atomic mass is 16.5. The van der Waals surface area contributed by atoms with Gasteiger partial charge in [0, 0.05) is 58.5 Å². The minimum atomic E-state index is -1.03. The minimum absolute atomic E-state index is 0.0748. The van der Waals surface area contributed by atoms with Crippen LogP contribution in [-0.4, -0.2) is 67.7 Å². The number of phenolic OH excluding ortho intramolecular Hbond substituents is 1. The topological polar surface area (TPSA) is 151 Å². The Morgan fingerprint density at radius 3 is 2.40 bits per heavy atom. The molecule has 4 aromatic rings. The number of methoxy groups -OCH3 is 2. The summed E-state index contributed by atoms with van der Waals surface area (Å²) in [6.07, 6.45) is 5.00. The Bertz CT molecular complexity index is 2100. The van der Waals surface area contributed by atoms with Crippen LogP contribution in [0.15, 0.2) is 48.5 Å². The number of aliphatic hydroxyl groups excluding tert-OH is 3. The highest BCUT2D eigenvalue weighted by Gasteiger charge is 2.41. The molecule has 0 bridgehead atoms. The molecule has 0 amide bonds. The van der Waals surface area contributed by atoms with Crippen LogP contribution in [0.2, 0.25) is 0 Å². The number of benzene rings is 4. The van der Waals surface area contributed by atoms with Gasteiger partial charge in [0.2, 0.25) is 5.75 Å². The van der Waals surface area contributed by atoms with Gasteiger partial charge in [0.05, 0.1) is 39.1 Å². The van der Waals surface area contributed by atoms with E-state index in [1.54, 1.807) is 19.2 Å². The van der Waals surface area contributed by atoms with Crippen molar-refractivity contribution in [2.45, 2.75) is 83.0 Å². The fourth-order valence-corrected chi connectivity index (χ4v) is 9.73. The third kappa shape index (κ3) is 7.24. The molecule has 2 heterocycles. The van der Waals surface area contributed by atoms with E-state index in [9.17, 15) is 20.4 Å². The maximum absolute atomic E-state index is 12.3. The molecule has 2 aliphatic heterocycles. The zero-order valence-electron chi connectivity index (χ0n) is 33.4. The normalized spacial score (nSPS) is 20.4. The number of rotatable bonds is 15. The molecule has 1 fully saturated rings. The maximum Gasteiger partial charge on any atom is 0.200 e. The zero-order chi connectivity index (χ0) is 39.8.